The number of nitrogens with one attached hydrogen (secondary N) is 1. The van der Waals surface area contributed by atoms with Crippen molar-refractivity contribution in [1.82, 2.24) is 18.7 Å². The van der Waals surface area contributed by atoms with Crippen LogP contribution in [0.5, 0.6) is 0 Å². The van der Waals surface area contributed by atoms with Gasteiger partial charge in [-0.1, -0.05) is 48.2 Å². The minimum atomic E-state index is -0.471. The molecule has 1 aliphatic heterocycles. The number of carbonyl (C=O) groups is 1. The van der Waals surface area contributed by atoms with Gasteiger partial charge in [0.15, 0.2) is 4.32 Å². The van der Waals surface area contributed by atoms with Crippen molar-refractivity contribution in [3.8, 4) is 5.69 Å². The first kappa shape index (κ1) is 29.5. The Kier molecular flexibility index (Phi) is 8.48. The molecule has 0 saturated carbocycles. The number of aryl methyl sites for hydroxylation is 1. The molecule has 4 aromatic rings. The second kappa shape index (κ2) is 12.1. The lowest BCUT2D eigenvalue weighted by Gasteiger charge is -2.13. The first-order valence-corrected chi connectivity index (χ1v) is 14.8. The van der Waals surface area contributed by atoms with Crippen molar-refractivity contribution < 1.29 is 9.53 Å². The van der Waals surface area contributed by atoms with Gasteiger partial charge in [0.05, 0.1) is 28.0 Å². The van der Waals surface area contributed by atoms with Crippen LogP contribution in [0, 0.1) is 13.8 Å². The minimum absolute atomic E-state index is 0.124. The molecule has 10 nitrogen and oxygen atoms in total. The lowest BCUT2D eigenvalue weighted by atomic mass is 10.2. The Morgan fingerprint density at radius 3 is 2.52 bits per heavy atom. The number of nitrogens with zero attached hydrogens (tertiary/aromatic N) is 5. The van der Waals surface area contributed by atoms with E-state index in [2.05, 4.69) is 5.32 Å². The van der Waals surface area contributed by atoms with E-state index in [4.69, 9.17) is 21.9 Å². The molecule has 0 atom stereocenters. The number of carbonyl (C=O) groups excluding carboxylic acids is 1. The Bertz CT molecular complexity index is 1840. The summed E-state index contributed by atoms with van der Waals surface area (Å²) in [6.07, 6.45) is 4.00. The van der Waals surface area contributed by atoms with E-state index in [1.807, 2.05) is 57.2 Å². The van der Waals surface area contributed by atoms with Gasteiger partial charge in [-0.05, 0) is 64.0 Å². The van der Waals surface area contributed by atoms with Crippen molar-refractivity contribution in [2.45, 2.75) is 40.2 Å². The summed E-state index contributed by atoms with van der Waals surface area (Å²) in [5.41, 5.74) is 2.33. The Balaban J connectivity index is 1.55. The van der Waals surface area contributed by atoms with E-state index >= 15 is 0 Å². The van der Waals surface area contributed by atoms with Crippen molar-refractivity contribution in [2.75, 3.05) is 23.4 Å². The van der Waals surface area contributed by atoms with Crippen molar-refractivity contribution in [3.63, 3.8) is 0 Å². The molecule has 0 radical (unpaired) electrons. The molecule has 42 heavy (non-hydrogen) atoms. The van der Waals surface area contributed by atoms with Crippen LogP contribution in [0.25, 0.3) is 17.4 Å². The predicted molar refractivity (Wildman–Crippen MR) is 172 cm³/mol. The molecule has 1 amide bonds. The summed E-state index contributed by atoms with van der Waals surface area (Å²) in [7, 11) is 1.76. The Hall–Kier alpha value is -4.00. The highest BCUT2D eigenvalue weighted by Crippen LogP contribution is 2.36. The van der Waals surface area contributed by atoms with E-state index in [9.17, 15) is 14.4 Å². The molecule has 0 spiro atoms. The number of thioether (sulfide) groups is 1. The molecule has 12 heteroatoms. The van der Waals surface area contributed by atoms with Crippen LogP contribution in [0.15, 0.2) is 63.2 Å². The summed E-state index contributed by atoms with van der Waals surface area (Å²) in [4.78, 5) is 47.4. The number of rotatable bonds is 9. The third-order valence-corrected chi connectivity index (χ3v) is 8.27. The maximum atomic E-state index is 13.8. The molecule has 1 N–H and O–H groups in total. The second-order valence-electron chi connectivity index (χ2n) is 10.2. The number of amides is 1. The molecule has 4 heterocycles. The monoisotopic (exact) mass is 604 g/mol. The molecule has 5 rings (SSSR count). The Morgan fingerprint density at radius 1 is 1.07 bits per heavy atom. The van der Waals surface area contributed by atoms with Gasteiger partial charge in [0, 0.05) is 26.4 Å². The van der Waals surface area contributed by atoms with Crippen LogP contribution in [-0.4, -0.2) is 48.2 Å². The standard InChI is InChI=1S/C30H32N6O4S2/c1-18(2)40-16-10-14-31-25-22(27(37)34-15-9-11-19(3)26(34)32-25)17-23-28(38)35(30(41)42-23)24-20(4)33(5)36(29(24)39)21-12-7-6-8-13-21/h6-9,11-13,15,17-18,31H,10,14,16H2,1-5H3/b23-17+. The molecular formula is C30H32N6O4S2. The first-order valence-electron chi connectivity index (χ1n) is 13.6. The highest BCUT2D eigenvalue weighted by Gasteiger charge is 2.38. The lowest BCUT2D eigenvalue weighted by molar-refractivity contribution is -0.113. The fourth-order valence-corrected chi connectivity index (χ4v) is 6.03. The zero-order valence-corrected chi connectivity index (χ0v) is 25.7. The van der Waals surface area contributed by atoms with E-state index in [1.54, 1.807) is 30.9 Å². The molecule has 218 valence electrons. The Labute approximate surface area is 252 Å². The molecule has 0 unspecified atom stereocenters. The van der Waals surface area contributed by atoms with Gasteiger partial charge in [-0.2, -0.15) is 0 Å². The van der Waals surface area contributed by atoms with Gasteiger partial charge in [-0.25, -0.2) is 9.67 Å². The normalized spacial score (nSPS) is 14.6. The topological polar surface area (TPSA) is 103 Å². The molecule has 3 aromatic heterocycles. The van der Waals surface area contributed by atoms with Gasteiger partial charge in [0.2, 0.25) is 0 Å². The first-order chi connectivity index (χ1) is 20.1. The number of anilines is 2. The highest BCUT2D eigenvalue weighted by molar-refractivity contribution is 8.27. The van der Waals surface area contributed by atoms with E-state index in [1.165, 1.54) is 20.1 Å². The van der Waals surface area contributed by atoms with Gasteiger partial charge in [-0.15, -0.1) is 0 Å². The number of pyridine rings is 1. The number of fused-ring (bicyclic) bond motifs is 1. The fourth-order valence-electron chi connectivity index (χ4n) is 4.78. The van der Waals surface area contributed by atoms with Crippen LogP contribution in [0.2, 0.25) is 0 Å². The van der Waals surface area contributed by atoms with Crippen LogP contribution < -0.4 is 21.3 Å². The van der Waals surface area contributed by atoms with Crippen LogP contribution >= 0.6 is 24.0 Å². The second-order valence-corrected chi connectivity index (χ2v) is 11.9. The summed E-state index contributed by atoms with van der Waals surface area (Å²) < 4.78 is 10.5. The van der Waals surface area contributed by atoms with E-state index in [0.717, 1.165) is 17.3 Å². The van der Waals surface area contributed by atoms with Gasteiger partial charge >= 0.3 is 0 Å². The summed E-state index contributed by atoms with van der Waals surface area (Å²) >= 11 is 6.65. The summed E-state index contributed by atoms with van der Waals surface area (Å²) in [5, 5.41) is 3.26. The predicted octanol–water partition coefficient (Wildman–Crippen LogP) is 4.43. The molecule has 1 aromatic carbocycles. The van der Waals surface area contributed by atoms with E-state index in [0.29, 0.717) is 42.4 Å². The van der Waals surface area contributed by atoms with Crippen LogP contribution in [0.1, 0.15) is 37.1 Å². The Morgan fingerprint density at radius 2 is 1.81 bits per heavy atom. The highest BCUT2D eigenvalue weighted by atomic mass is 32.2. The average Bonchev–Trinajstić information content (AvgIpc) is 3.35. The van der Waals surface area contributed by atoms with Crippen LogP contribution in [0.4, 0.5) is 11.5 Å². The van der Waals surface area contributed by atoms with E-state index in [-0.39, 0.29) is 37.7 Å². The number of aromatic nitrogens is 4. The third-order valence-electron chi connectivity index (χ3n) is 6.97. The van der Waals surface area contributed by atoms with Crippen molar-refractivity contribution in [1.29, 1.82) is 0 Å². The smallest absolute Gasteiger partial charge is 0.296 e. The number of benzene rings is 1. The number of hydrogen-bond donors (Lipinski definition) is 1. The van der Waals surface area contributed by atoms with Crippen molar-refractivity contribution in [3.05, 3.63) is 91.1 Å². The quantitative estimate of drug-likeness (QED) is 0.170. The van der Waals surface area contributed by atoms with Crippen LogP contribution in [0.3, 0.4) is 0 Å². The lowest BCUT2D eigenvalue weighted by Crippen LogP contribution is -2.33. The van der Waals surface area contributed by atoms with Crippen molar-refractivity contribution in [2.24, 2.45) is 7.05 Å². The molecule has 0 aliphatic carbocycles. The average molecular weight is 605 g/mol. The summed E-state index contributed by atoms with van der Waals surface area (Å²) in [6, 6.07) is 12.9. The molecule has 1 aliphatic rings. The molecule has 1 fully saturated rings. The minimum Gasteiger partial charge on any atom is -0.379 e. The number of thiocarbonyl (C=S) groups is 1. The third kappa shape index (κ3) is 5.44. The maximum absolute atomic E-state index is 13.8. The van der Waals surface area contributed by atoms with Gasteiger partial charge < -0.3 is 10.1 Å². The van der Waals surface area contributed by atoms with Gasteiger partial charge in [0.25, 0.3) is 17.0 Å². The van der Waals surface area contributed by atoms with E-state index < -0.39 is 5.91 Å². The van der Waals surface area contributed by atoms with Gasteiger partial charge in [-0.3, -0.25) is 28.4 Å². The van der Waals surface area contributed by atoms with Crippen molar-refractivity contribution >= 4 is 57.4 Å². The number of ether oxygens (including phenoxy) is 1. The largest absolute Gasteiger partial charge is 0.379 e. The molecule has 0 bridgehead atoms. The molecular weight excluding hydrogens is 573 g/mol. The maximum Gasteiger partial charge on any atom is 0.296 e. The summed E-state index contributed by atoms with van der Waals surface area (Å²) in [5.74, 6) is -0.104. The zero-order valence-electron chi connectivity index (χ0n) is 24.1. The fraction of sp³-hybridized carbons (Fsp3) is 0.300. The number of para-hydroxylation sites is 1. The van der Waals surface area contributed by atoms with Gasteiger partial charge in [0.1, 0.15) is 17.2 Å². The van der Waals surface area contributed by atoms with Crippen LogP contribution in [-0.2, 0) is 16.6 Å². The number of hydrogen-bond acceptors (Lipinski definition) is 8. The zero-order chi connectivity index (χ0) is 30.1. The SMILES string of the molecule is Cc1cccn2c(=O)c(/C=C3/SC(=S)N(c4c(C)n(C)n(-c5ccccc5)c4=O)C3=O)c(NCCCOC(C)C)nc12. The molecule has 1 saturated heterocycles. The summed E-state index contributed by atoms with van der Waals surface area (Å²) in [6.45, 7) is 8.68.